The Kier molecular flexibility index (Phi) is 5.62. The van der Waals surface area contributed by atoms with Crippen molar-refractivity contribution in [2.24, 2.45) is 5.14 Å². The normalized spacial score (nSPS) is 12.3. The van der Waals surface area contributed by atoms with Crippen LogP contribution in [0.15, 0.2) is 64.9 Å². The molecule has 0 radical (unpaired) electrons. The van der Waals surface area contributed by atoms with Crippen LogP contribution < -0.4 is 9.86 Å². The Hall–Kier alpha value is -2.20. The van der Waals surface area contributed by atoms with Crippen LogP contribution in [0, 0.1) is 0 Å². The summed E-state index contributed by atoms with van der Waals surface area (Å²) in [5.74, 6) is 0. The van der Waals surface area contributed by atoms with Crippen molar-refractivity contribution in [1.82, 2.24) is 0 Å². The van der Waals surface area contributed by atoms with Crippen LogP contribution in [0.25, 0.3) is 21.6 Å². The first-order chi connectivity index (χ1) is 13.1. The number of sulfonamides is 2. The third kappa shape index (κ3) is 4.44. The van der Waals surface area contributed by atoms with E-state index in [0.29, 0.717) is 5.69 Å². The van der Waals surface area contributed by atoms with Gasteiger partial charge in [-0.05, 0) is 54.1 Å². The Morgan fingerprint density at radius 2 is 1.54 bits per heavy atom. The van der Waals surface area contributed by atoms with Gasteiger partial charge in [0.2, 0.25) is 20.0 Å². The van der Waals surface area contributed by atoms with Gasteiger partial charge in [-0.3, -0.25) is 4.72 Å². The van der Waals surface area contributed by atoms with E-state index >= 15 is 0 Å². The Morgan fingerprint density at radius 3 is 2.14 bits per heavy atom. The number of primary sulfonamides is 1. The van der Waals surface area contributed by atoms with E-state index in [4.69, 9.17) is 5.14 Å². The highest BCUT2D eigenvalue weighted by Gasteiger charge is 2.18. The monoisotopic (exact) mass is 436 g/mol. The van der Waals surface area contributed by atoms with Crippen molar-refractivity contribution in [3.63, 3.8) is 0 Å². The highest BCUT2D eigenvalue weighted by Crippen LogP contribution is 2.35. The molecule has 148 valence electrons. The molecule has 1 heterocycles. The van der Waals surface area contributed by atoms with Gasteiger partial charge in [-0.15, -0.1) is 11.3 Å². The number of hydrogen-bond acceptors (Lipinski definition) is 5. The largest absolute Gasteiger partial charge is 0.282 e. The lowest BCUT2D eigenvalue weighted by Gasteiger charge is -2.12. The van der Waals surface area contributed by atoms with Crippen molar-refractivity contribution < 1.29 is 16.8 Å². The summed E-state index contributed by atoms with van der Waals surface area (Å²) in [6.45, 7) is 3.25. The molecule has 0 aliphatic carbocycles. The van der Waals surface area contributed by atoms with Gasteiger partial charge in [-0.25, -0.2) is 22.0 Å². The summed E-state index contributed by atoms with van der Waals surface area (Å²) >= 11 is 1.44. The lowest BCUT2D eigenvalue weighted by molar-refractivity contribution is 0.592. The summed E-state index contributed by atoms with van der Waals surface area (Å²) in [7, 11) is -7.20. The SMILES string of the molecule is CC(C)S(=O)(=O)Nc1ccsc1-c1ccc(-c2cccc(S(N)(=O)=O)c2)cc1. The van der Waals surface area contributed by atoms with Crippen LogP contribution >= 0.6 is 11.3 Å². The summed E-state index contributed by atoms with van der Waals surface area (Å²) in [6, 6.07) is 15.6. The lowest BCUT2D eigenvalue weighted by atomic mass is 10.0. The fourth-order valence-corrected chi connectivity index (χ4v) is 4.75. The molecule has 0 fully saturated rings. The van der Waals surface area contributed by atoms with Crippen LogP contribution in [0.3, 0.4) is 0 Å². The second kappa shape index (κ2) is 7.67. The van der Waals surface area contributed by atoms with E-state index in [9.17, 15) is 16.8 Å². The van der Waals surface area contributed by atoms with E-state index in [1.54, 1.807) is 32.0 Å². The topological polar surface area (TPSA) is 106 Å². The maximum atomic E-state index is 12.2. The van der Waals surface area contributed by atoms with Gasteiger partial charge >= 0.3 is 0 Å². The summed E-state index contributed by atoms with van der Waals surface area (Å²) in [6.07, 6.45) is 0. The van der Waals surface area contributed by atoms with Gasteiger partial charge in [0, 0.05) is 0 Å². The molecule has 0 unspecified atom stereocenters. The van der Waals surface area contributed by atoms with Gasteiger partial charge < -0.3 is 0 Å². The zero-order chi connectivity index (χ0) is 20.5. The number of benzene rings is 2. The number of hydrogen-bond donors (Lipinski definition) is 2. The molecule has 0 saturated carbocycles. The highest BCUT2D eigenvalue weighted by molar-refractivity contribution is 7.93. The Balaban J connectivity index is 1.92. The minimum Gasteiger partial charge on any atom is -0.282 e. The van der Waals surface area contributed by atoms with Crippen molar-refractivity contribution in [3.05, 3.63) is 60.0 Å². The van der Waals surface area contributed by atoms with Gasteiger partial charge in [0.15, 0.2) is 0 Å². The number of nitrogens with one attached hydrogen (secondary N) is 1. The van der Waals surface area contributed by atoms with Crippen molar-refractivity contribution in [1.29, 1.82) is 0 Å². The molecule has 3 rings (SSSR count). The van der Waals surface area contributed by atoms with E-state index in [2.05, 4.69) is 4.72 Å². The molecule has 0 aliphatic rings. The number of rotatable bonds is 6. The first-order valence-corrected chi connectivity index (χ1v) is 12.4. The molecule has 2 aromatic carbocycles. The van der Waals surface area contributed by atoms with E-state index in [-0.39, 0.29) is 4.90 Å². The lowest BCUT2D eigenvalue weighted by Crippen LogP contribution is -2.22. The summed E-state index contributed by atoms with van der Waals surface area (Å²) in [4.78, 5) is 0.867. The smallest absolute Gasteiger partial charge is 0.238 e. The van der Waals surface area contributed by atoms with Crippen LogP contribution in [-0.4, -0.2) is 22.1 Å². The van der Waals surface area contributed by atoms with Gasteiger partial charge in [0.1, 0.15) is 0 Å². The molecule has 9 heteroatoms. The van der Waals surface area contributed by atoms with Crippen LogP contribution in [-0.2, 0) is 20.0 Å². The maximum Gasteiger partial charge on any atom is 0.238 e. The maximum absolute atomic E-state index is 12.2. The first kappa shape index (κ1) is 20.5. The van der Waals surface area contributed by atoms with E-state index in [1.807, 2.05) is 29.6 Å². The number of nitrogens with two attached hydrogens (primary N) is 1. The fraction of sp³-hybridized carbons (Fsp3) is 0.158. The van der Waals surface area contributed by atoms with E-state index in [1.165, 1.54) is 23.5 Å². The van der Waals surface area contributed by atoms with Crippen molar-refractivity contribution in [2.75, 3.05) is 4.72 Å². The number of thiophene rings is 1. The number of anilines is 1. The molecule has 6 nitrogen and oxygen atoms in total. The summed E-state index contributed by atoms with van der Waals surface area (Å²) < 4.78 is 50.1. The van der Waals surface area contributed by atoms with Gasteiger partial charge in [0.05, 0.1) is 20.7 Å². The van der Waals surface area contributed by atoms with Crippen LogP contribution in [0.2, 0.25) is 0 Å². The van der Waals surface area contributed by atoms with Crippen molar-refractivity contribution in [3.8, 4) is 21.6 Å². The van der Waals surface area contributed by atoms with Crippen LogP contribution in [0.4, 0.5) is 5.69 Å². The van der Waals surface area contributed by atoms with Gasteiger partial charge in [0.25, 0.3) is 0 Å². The summed E-state index contributed by atoms with van der Waals surface area (Å²) in [5, 5.41) is 6.49. The zero-order valence-electron chi connectivity index (χ0n) is 15.3. The molecule has 0 bridgehead atoms. The molecule has 3 aromatic rings. The van der Waals surface area contributed by atoms with E-state index < -0.39 is 25.3 Å². The average Bonchev–Trinajstić information content (AvgIpc) is 3.08. The average molecular weight is 437 g/mol. The zero-order valence-corrected chi connectivity index (χ0v) is 17.7. The van der Waals surface area contributed by atoms with Crippen LogP contribution in [0.5, 0.6) is 0 Å². The predicted molar refractivity (Wildman–Crippen MR) is 114 cm³/mol. The first-order valence-electron chi connectivity index (χ1n) is 8.41. The molecule has 1 aromatic heterocycles. The molecule has 28 heavy (non-hydrogen) atoms. The fourth-order valence-electron chi connectivity index (χ4n) is 2.55. The summed E-state index contributed by atoms with van der Waals surface area (Å²) in [5.41, 5.74) is 2.96. The Morgan fingerprint density at radius 1 is 0.893 bits per heavy atom. The third-order valence-corrected chi connectivity index (χ3v) is 7.80. The second-order valence-electron chi connectivity index (χ2n) is 6.51. The van der Waals surface area contributed by atoms with E-state index in [0.717, 1.165) is 21.6 Å². The molecule has 0 amide bonds. The van der Waals surface area contributed by atoms with Crippen molar-refractivity contribution >= 4 is 37.1 Å². The van der Waals surface area contributed by atoms with Crippen molar-refractivity contribution in [2.45, 2.75) is 24.0 Å². The molecule has 0 saturated heterocycles. The molecular formula is C19H20N2O4S3. The quantitative estimate of drug-likeness (QED) is 0.611. The minimum atomic E-state index is -3.77. The van der Waals surface area contributed by atoms with Crippen LogP contribution in [0.1, 0.15) is 13.8 Å². The Labute approximate surface area is 169 Å². The third-order valence-electron chi connectivity index (χ3n) is 4.18. The molecular weight excluding hydrogens is 416 g/mol. The van der Waals surface area contributed by atoms with Gasteiger partial charge in [-0.2, -0.15) is 0 Å². The van der Waals surface area contributed by atoms with Gasteiger partial charge in [-0.1, -0.05) is 36.4 Å². The molecule has 0 spiro atoms. The molecule has 0 atom stereocenters. The Bertz CT molecular complexity index is 1200. The molecule has 3 N–H and O–H groups in total. The molecule has 0 aliphatic heterocycles. The second-order valence-corrected chi connectivity index (χ2v) is 11.2. The minimum absolute atomic E-state index is 0.0534. The predicted octanol–water partition coefficient (Wildman–Crippen LogP) is 3.88. The standard InChI is InChI=1S/C19H20N2O4S3/c1-13(2)28(24,25)21-18-10-11-26-19(18)15-8-6-14(7-9-15)16-4-3-5-17(12-16)27(20,22)23/h3-13,21H,1-2H3,(H2,20,22,23). The highest BCUT2D eigenvalue weighted by atomic mass is 32.2.